The molecule has 0 spiro atoms. The molecule has 2 aromatic rings. The van der Waals surface area contributed by atoms with E-state index in [-0.39, 0.29) is 18.0 Å². The predicted molar refractivity (Wildman–Crippen MR) is 97.5 cm³/mol. The number of hydrogen-bond donors (Lipinski definition) is 2. The molecule has 136 valence electrons. The highest BCUT2D eigenvalue weighted by Gasteiger charge is 2.27. The minimum Gasteiger partial charge on any atom is -0.322 e. The molecule has 7 nitrogen and oxygen atoms in total. The van der Waals surface area contributed by atoms with Gasteiger partial charge in [-0.05, 0) is 47.0 Å². The molecule has 1 amide bonds. The van der Waals surface area contributed by atoms with Crippen LogP contribution in [0.15, 0.2) is 6.20 Å². The van der Waals surface area contributed by atoms with Crippen LogP contribution in [0, 0.1) is 13.8 Å². The SMILES string of the molecule is CCn1ncc2c1CCC[C@@H]2N[C@H](C)C(=O)Nc1c(C)nn(C)c1C. The lowest BCUT2D eigenvalue weighted by Gasteiger charge is -2.27. The zero-order chi connectivity index (χ0) is 18.1. The third kappa shape index (κ3) is 3.33. The number of amides is 1. The molecule has 25 heavy (non-hydrogen) atoms. The molecule has 2 atom stereocenters. The summed E-state index contributed by atoms with van der Waals surface area (Å²) in [4.78, 5) is 12.6. The van der Waals surface area contributed by atoms with Crippen molar-refractivity contribution < 1.29 is 4.79 Å². The van der Waals surface area contributed by atoms with Crippen molar-refractivity contribution in [1.82, 2.24) is 24.9 Å². The first-order chi connectivity index (χ1) is 11.9. The number of rotatable bonds is 5. The fourth-order valence-electron chi connectivity index (χ4n) is 3.63. The third-order valence-electron chi connectivity index (χ3n) is 5.16. The van der Waals surface area contributed by atoms with Crippen molar-refractivity contribution in [2.75, 3.05) is 5.32 Å². The lowest BCUT2D eigenvalue weighted by Crippen LogP contribution is -2.41. The predicted octanol–water partition coefficient (Wildman–Crippen LogP) is 2.25. The lowest BCUT2D eigenvalue weighted by atomic mass is 9.92. The molecule has 3 rings (SSSR count). The van der Waals surface area contributed by atoms with Crippen LogP contribution in [0.3, 0.4) is 0 Å². The molecule has 2 N–H and O–H groups in total. The summed E-state index contributed by atoms with van der Waals surface area (Å²) in [7, 11) is 1.88. The maximum atomic E-state index is 12.6. The second-order valence-electron chi connectivity index (χ2n) is 6.85. The average Bonchev–Trinajstić information content (AvgIpc) is 3.11. The highest BCUT2D eigenvalue weighted by atomic mass is 16.2. The Bertz CT molecular complexity index is 775. The van der Waals surface area contributed by atoms with Crippen LogP contribution < -0.4 is 10.6 Å². The zero-order valence-electron chi connectivity index (χ0n) is 15.8. The average molecular weight is 344 g/mol. The van der Waals surface area contributed by atoms with Crippen LogP contribution in [0.5, 0.6) is 0 Å². The normalized spacial score (nSPS) is 18.0. The van der Waals surface area contributed by atoms with E-state index in [4.69, 9.17) is 0 Å². The minimum atomic E-state index is -0.292. The molecule has 7 heteroatoms. The Morgan fingerprint density at radius 3 is 2.84 bits per heavy atom. The van der Waals surface area contributed by atoms with E-state index in [9.17, 15) is 4.79 Å². The van der Waals surface area contributed by atoms with Crippen molar-refractivity contribution in [3.05, 3.63) is 28.8 Å². The monoisotopic (exact) mass is 344 g/mol. The number of nitrogens with zero attached hydrogens (tertiary/aromatic N) is 4. The number of aryl methyl sites for hydroxylation is 3. The van der Waals surface area contributed by atoms with E-state index < -0.39 is 0 Å². The molecule has 1 aliphatic carbocycles. The first kappa shape index (κ1) is 17.7. The van der Waals surface area contributed by atoms with Crippen molar-refractivity contribution in [1.29, 1.82) is 0 Å². The van der Waals surface area contributed by atoms with Crippen LogP contribution in [0.1, 0.15) is 55.4 Å². The van der Waals surface area contributed by atoms with Gasteiger partial charge in [0.15, 0.2) is 0 Å². The van der Waals surface area contributed by atoms with Crippen LogP contribution in [-0.2, 0) is 24.8 Å². The lowest BCUT2D eigenvalue weighted by molar-refractivity contribution is -0.118. The molecule has 0 aromatic carbocycles. The van der Waals surface area contributed by atoms with Crippen LogP contribution in [0.25, 0.3) is 0 Å². The summed E-state index contributed by atoms with van der Waals surface area (Å²) >= 11 is 0. The highest BCUT2D eigenvalue weighted by molar-refractivity contribution is 5.95. The highest BCUT2D eigenvalue weighted by Crippen LogP contribution is 2.30. The molecule has 0 radical (unpaired) electrons. The van der Waals surface area contributed by atoms with Crippen LogP contribution in [0.4, 0.5) is 5.69 Å². The standard InChI is InChI=1S/C18H28N6O/c1-6-24-16-9-7-8-15(14(16)10-19-24)20-12(3)18(25)21-17-11(2)22-23(5)13(17)4/h10,12,15,20H,6-9H2,1-5H3,(H,21,25)/t12-,15+/m1/s1. The van der Waals surface area contributed by atoms with E-state index in [1.165, 1.54) is 11.3 Å². The number of fused-ring (bicyclic) bond motifs is 1. The number of aromatic nitrogens is 4. The van der Waals surface area contributed by atoms with Crippen molar-refractivity contribution in [2.24, 2.45) is 7.05 Å². The van der Waals surface area contributed by atoms with Gasteiger partial charge >= 0.3 is 0 Å². The van der Waals surface area contributed by atoms with E-state index in [0.29, 0.717) is 0 Å². The largest absolute Gasteiger partial charge is 0.322 e. The molecular weight excluding hydrogens is 316 g/mol. The Kier molecular flexibility index (Phi) is 4.94. The summed E-state index contributed by atoms with van der Waals surface area (Å²) in [5.74, 6) is -0.0331. The Labute approximate surface area is 148 Å². The van der Waals surface area contributed by atoms with Gasteiger partial charge < -0.3 is 5.32 Å². The zero-order valence-corrected chi connectivity index (χ0v) is 15.8. The van der Waals surface area contributed by atoms with Gasteiger partial charge in [0.1, 0.15) is 0 Å². The Morgan fingerprint density at radius 2 is 2.20 bits per heavy atom. The van der Waals surface area contributed by atoms with Gasteiger partial charge in [0.2, 0.25) is 5.91 Å². The first-order valence-corrected chi connectivity index (χ1v) is 9.04. The molecule has 2 aromatic heterocycles. The fraction of sp³-hybridized carbons (Fsp3) is 0.611. The number of carbonyl (C=O) groups excluding carboxylic acids is 1. The van der Waals surface area contributed by atoms with E-state index in [1.807, 2.05) is 34.0 Å². The number of anilines is 1. The number of hydrogen-bond acceptors (Lipinski definition) is 4. The van der Waals surface area contributed by atoms with Gasteiger partial charge in [-0.1, -0.05) is 0 Å². The van der Waals surface area contributed by atoms with Gasteiger partial charge in [0.25, 0.3) is 0 Å². The molecular formula is C18H28N6O. The van der Waals surface area contributed by atoms with Gasteiger partial charge in [-0.25, -0.2) is 0 Å². The van der Waals surface area contributed by atoms with Gasteiger partial charge in [0.05, 0.1) is 29.3 Å². The van der Waals surface area contributed by atoms with Crippen molar-refractivity contribution >= 4 is 11.6 Å². The van der Waals surface area contributed by atoms with Crippen LogP contribution in [-0.4, -0.2) is 31.5 Å². The molecule has 0 saturated heterocycles. The molecule has 0 fully saturated rings. The molecule has 0 saturated carbocycles. The van der Waals surface area contributed by atoms with Gasteiger partial charge in [-0.3, -0.25) is 19.5 Å². The summed E-state index contributed by atoms with van der Waals surface area (Å²) < 4.78 is 3.85. The fourth-order valence-corrected chi connectivity index (χ4v) is 3.63. The van der Waals surface area contributed by atoms with Gasteiger partial charge in [-0.15, -0.1) is 0 Å². The summed E-state index contributed by atoms with van der Waals surface area (Å²) in [6, 6.07) is -0.110. The van der Waals surface area contributed by atoms with E-state index in [2.05, 4.69) is 32.4 Å². The van der Waals surface area contributed by atoms with E-state index >= 15 is 0 Å². The Hall–Kier alpha value is -2.15. The summed E-state index contributed by atoms with van der Waals surface area (Å²) in [5, 5.41) is 15.3. The van der Waals surface area contributed by atoms with E-state index in [1.54, 1.807) is 4.68 Å². The van der Waals surface area contributed by atoms with Gasteiger partial charge in [0, 0.05) is 30.9 Å². The third-order valence-corrected chi connectivity index (χ3v) is 5.16. The number of carbonyl (C=O) groups is 1. The Morgan fingerprint density at radius 1 is 1.44 bits per heavy atom. The second kappa shape index (κ2) is 7.00. The molecule has 0 unspecified atom stereocenters. The smallest absolute Gasteiger partial charge is 0.241 e. The quantitative estimate of drug-likeness (QED) is 0.872. The topological polar surface area (TPSA) is 76.8 Å². The molecule has 1 aliphatic rings. The minimum absolute atomic E-state index is 0.0331. The van der Waals surface area contributed by atoms with Crippen molar-refractivity contribution in [3.63, 3.8) is 0 Å². The number of nitrogens with one attached hydrogen (secondary N) is 2. The molecule has 0 bridgehead atoms. The summed E-state index contributed by atoms with van der Waals surface area (Å²) in [6.07, 6.45) is 5.17. The van der Waals surface area contributed by atoms with Crippen LogP contribution in [0.2, 0.25) is 0 Å². The summed E-state index contributed by atoms with van der Waals surface area (Å²) in [6.45, 7) is 8.78. The van der Waals surface area contributed by atoms with E-state index in [0.717, 1.165) is 42.9 Å². The van der Waals surface area contributed by atoms with Crippen molar-refractivity contribution in [2.45, 2.75) is 65.6 Å². The van der Waals surface area contributed by atoms with Gasteiger partial charge in [-0.2, -0.15) is 10.2 Å². The Balaban J connectivity index is 1.69. The van der Waals surface area contributed by atoms with Crippen LogP contribution >= 0.6 is 0 Å². The molecule has 2 heterocycles. The maximum Gasteiger partial charge on any atom is 0.241 e. The van der Waals surface area contributed by atoms with Crippen molar-refractivity contribution in [3.8, 4) is 0 Å². The first-order valence-electron chi connectivity index (χ1n) is 9.04. The molecule has 0 aliphatic heterocycles. The second-order valence-corrected chi connectivity index (χ2v) is 6.85. The maximum absolute atomic E-state index is 12.6. The summed E-state index contributed by atoms with van der Waals surface area (Å²) in [5.41, 5.74) is 5.15.